The number of carbonyl (C=O) groups excluding carboxylic acids is 8. The van der Waals surface area contributed by atoms with E-state index in [0.717, 1.165) is 77.0 Å². The third-order valence-electron chi connectivity index (χ3n) is 17.4. The molecule has 8 aliphatic rings. The number of epoxide rings is 4. The Labute approximate surface area is 471 Å². The van der Waals surface area contributed by atoms with E-state index in [0.29, 0.717) is 176 Å². The van der Waals surface area contributed by atoms with Crippen molar-refractivity contribution in [3.8, 4) is 0 Å². The number of fused-ring (bicyclic) bond motifs is 4. The van der Waals surface area contributed by atoms with Gasteiger partial charge < -0.3 is 56.8 Å². The predicted molar refractivity (Wildman–Crippen MR) is 282 cm³/mol. The number of hydrogen-bond donors (Lipinski definition) is 0. The zero-order valence-electron chi connectivity index (χ0n) is 47.1. The average Bonchev–Trinajstić information content (AvgIpc) is 4.32. The van der Waals surface area contributed by atoms with Crippen LogP contribution in [-0.4, -0.2) is 149 Å². The summed E-state index contributed by atoms with van der Waals surface area (Å²) in [4.78, 5) is 105. The third-order valence-corrected chi connectivity index (χ3v) is 17.4. The molecule has 4 saturated heterocycles. The summed E-state index contributed by atoms with van der Waals surface area (Å²) in [6.45, 7) is 1.38. The number of carbonyl (C=O) groups is 8. The second kappa shape index (κ2) is 32.4. The molecule has 80 heavy (non-hydrogen) atoms. The van der Waals surface area contributed by atoms with E-state index in [9.17, 15) is 38.4 Å². The van der Waals surface area contributed by atoms with Crippen LogP contribution in [0.1, 0.15) is 193 Å². The maximum absolute atomic E-state index is 14.0. The Bertz CT molecular complexity index is 1890. The van der Waals surface area contributed by atoms with E-state index in [1.807, 2.05) is 0 Å². The van der Waals surface area contributed by atoms with Crippen LogP contribution < -0.4 is 0 Å². The second-order valence-corrected chi connectivity index (χ2v) is 23.9. The van der Waals surface area contributed by atoms with Crippen LogP contribution in [0.25, 0.3) is 0 Å². The molecular formula is C60H90O20. The van der Waals surface area contributed by atoms with E-state index in [4.69, 9.17) is 56.8 Å². The molecule has 0 radical (unpaired) electrons. The highest BCUT2D eigenvalue weighted by molar-refractivity contribution is 5.88. The van der Waals surface area contributed by atoms with Crippen molar-refractivity contribution >= 4 is 47.8 Å². The van der Waals surface area contributed by atoms with Crippen molar-refractivity contribution in [1.29, 1.82) is 0 Å². The van der Waals surface area contributed by atoms with Crippen molar-refractivity contribution in [3.05, 3.63) is 0 Å². The minimum absolute atomic E-state index is 0.00559. The summed E-state index contributed by atoms with van der Waals surface area (Å²) in [5, 5.41) is 0. The Morgan fingerprint density at radius 1 is 0.287 bits per heavy atom. The molecule has 8 fully saturated rings. The van der Waals surface area contributed by atoms with Gasteiger partial charge in [-0.25, -0.2) is 0 Å². The molecule has 0 aromatic rings. The number of ether oxygens (including phenoxy) is 12. The van der Waals surface area contributed by atoms with E-state index >= 15 is 0 Å². The Morgan fingerprint density at radius 3 is 0.812 bits per heavy atom. The minimum atomic E-state index is -1.47. The Hall–Kier alpha value is -4.40. The molecule has 0 amide bonds. The van der Waals surface area contributed by atoms with Gasteiger partial charge in [0.05, 0.1) is 126 Å². The van der Waals surface area contributed by atoms with E-state index in [2.05, 4.69) is 0 Å². The topological polar surface area (TPSA) is 261 Å². The van der Waals surface area contributed by atoms with Gasteiger partial charge in [0.2, 0.25) is 0 Å². The number of esters is 8. The summed E-state index contributed by atoms with van der Waals surface area (Å²) in [5.41, 5.74) is 0. The largest absolute Gasteiger partial charge is 0.466 e. The average molecular weight is 1130 g/mol. The Kier molecular flexibility index (Phi) is 25.0. The van der Waals surface area contributed by atoms with E-state index in [1.165, 1.54) is 0 Å². The lowest BCUT2D eigenvalue weighted by atomic mass is 9.86. The molecule has 4 aliphatic heterocycles. The van der Waals surface area contributed by atoms with Gasteiger partial charge in [0.15, 0.2) is 0 Å². The normalized spacial score (nSPS) is 29.1. The molecule has 14 unspecified atom stereocenters. The monoisotopic (exact) mass is 1130 g/mol. The van der Waals surface area contributed by atoms with E-state index in [-0.39, 0.29) is 76.0 Å². The molecule has 0 aromatic carbocycles. The van der Waals surface area contributed by atoms with E-state index < -0.39 is 48.6 Å². The van der Waals surface area contributed by atoms with Crippen LogP contribution in [0.5, 0.6) is 0 Å². The summed E-state index contributed by atoms with van der Waals surface area (Å²) in [5.74, 6) is -6.17. The van der Waals surface area contributed by atoms with Crippen LogP contribution in [0.3, 0.4) is 0 Å². The van der Waals surface area contributed by atoms with Gasteiger partial charge in [-0.1, -0.05) is 0 Å². The predicted octanol–water partition coefficient (Wildman–Crippen LogP) is 7.86. The Balaban J connectivity index is 0.782. The Morgan fingerprint density at radius 2 is 0.550 bits per heavy atom. The number of hydrogen-bond acceptors (Lipinski definition) is 20. The molecule has 8 rings (SSSR count). The van der Waals surface area contributed by atoms with E-state index in [1.54, 1.807) is 0 Å². The lowest BCUT2D eigenvalue weighted by Crippen LogP contribution is -2.36. The molecule has 0 bridgehead atoms. The van der Waals surface area contributed by atoms with Crippen LogP contribution in [0.15, 0.2) is 0 Å². The fraction of sp³-hybridized carbons (Fsp3) is 0.867. The zero-order valence-corrected chi connectivity index (χ0v) is 47.1. The molecule has 0 aromatic heterocycles. The third kappa shape index (κ3) is 22.4. The first-order valence-corrected chi connectivity index (χ1v) is 30.8. The van der Waals surface area contributed by atoms with Crippen molar-refractivity contribution in [2.75, 3.05) is 52.9 Å². The molecule has 20 heteroatoms. The lowest BCUT2D eigenvalue weighted by molar-refractivity contribution is -0.167. The molecule has 20 nitrogen and oxygen atoms in total. The van der Waals surface area contributed by atoms with Gasteiger partial charge >= 0.3 is 47.8 Å². The maximum atomic E-state index is 14.0. The molecule has 14 atom stereocenters. The standard InChI is InChI=1S/C60H90O20/c61-53(73-35-39-17-21-45-49(29-39)77-45)13-5-1-9-25-69-57(65)33-43(59(67)71-27-11-3-7-15-55(63)75-37-41-19-23-47-51(31-41)79-47)44(60(68)72-28-12-4-8-16-56(64)76-38-42-20-24-48-52(32-42)80-48)34-58(66)70-26-10-2-6-14-54(62)74-36-40-18-22-46-50(30-40)78-46/h39-52H,1-38H2. The summed E-state index contributed by atoms with van der Waals surface area (Å²) in [6.07, 6.45) is 20.0. The highest BCUT2D eigenvalue weighted by atomic mass is 16.6. The van der Waals surface area contributed by atoms with Crippen LogP contribution in [0.4, 0.5) is 0 Å². The highest BCUT2D eigenvalue weighted by Crippen LogP contribution is 2.42. The zero-order chi connectivity index (χ0) is 56.1. The van der Waals surface area contributed by atoms with Crippen molar-refractivity contribution in [2.45, 2.75) is 241 Å². The number of unbranched alkanes of at least 4 members (excludes halogenated alkanes) is 8. The molecule has 4 saturated carbocycles. The second-order valence-electron chi connectivity index (χ2n) is 23.9. The highest BCUT2D eigenvalue weighted by Gasteiger charge is 2.47. The molecule has 4 aliphatic carbocycles. The first-order chi connectivity index (χ1) is 38.9. The SMILES string of the molecule is O=C(CCCCCOC(=O)CC(C(=O)OCCCCCC(=O)OCC1CCC2OC2C1)C(CC(=O)OCCCCCC(=O)OCC1CCC2OC2C1)C(=O)OCCCCCC(=O)OCC1CCC2OC2C1)OCC1CCC2OC2C1. The molecule has 0 spiro atoms. The van der Waals surface area contributed by atoms with Gasteiger partial charge in [-0.3, -0.25) is 38.4 Å². The van der Waals surface area contributed by atoms with Gasteiger partial charge in [0, 0.05) is 25.7 Å². The summed E-state index contributed by atoms with van der Waals surface area (Å²) >= 11 is 0. The van der Waals surface area contributed by atoms with Gasteiger partial charge in [-0.15, -0.1) is 0 Å². The van der Waals surface area contributed by atoms with Crippen LogP contribution in [0.2, 0.25) is 0 Å². The minimum Gasteiger partial charge on any atom is -0.466 e. The van der Waals surface area contributed by atoms with Gasteiger partial charge in [0.1, 0.15) is 0 Å². The van der Waals surface area contributed by atoms with Crippen LogP contribution in [0, 0.1) is 35.5 Å². The maximum Gasteiger partial charge on any atom is 0.310 e. The van der Waals surface area contributed by atoms with Crippen LogP contribution >= 0.6 is 0 Å². The summed E-state index contributed by atoms with van der Waals surface area (Å²) in [7, 11) is 0. The van der Waals surface area contributed by atoms with Gasteiger partial charge in [-0.05, 0) is 178 Å². The lowest BCUT2D eigenvalue weighted by Gasteiger charge is -2.23. The van der Waals surface area contributed by atoms with Crippen LogP contribution in [-0.2, 0) is 95.2 Å². The molecule has 450 valence electrons. The van der Waals surface area contributed by atoms with Crippen molar-refractivity contribution in [1.82, 2.24) is 0 Å². The number of rotatable bonds is 39. The van der Waals surface area contributed by atoms with Crippen molar-refractivity contribution in [2.24, 2.45) is 35.5 Å². The summed E-state index contributed by atoms with van der Waals surface area (Å²) < 4.78 is 66.9. The van der Waals surface area contributed by atoms with Crippen molar-refractivity contribution in [3.63, 3.8) is 0 Å². The fourth-order valence-corrected chi connectivity index (χ4v) is 12.1. The molecular weight excluding hydrogens is 1040 g/mol. The quantitative estimate of drug-likeness (QED) is 0.0245. The van der Waals surface area contributed by atoms with Gasteiger partial charge in [0.25, 0.3) is 0 Å². The molecule has 0 N–H and O–H groups in total. The smallest absolute Gasteiger partial charge is 0.310 e. The fourth-order valence-electron chi connectivity index (χ4n) is 12.1. The first kappa shape index (κ1) is 61.7. The molecule has 4 heterocycles. The van der Waals surface area contributed by atoms with Crippen molar-refractivity contribution < 1.29 is 95.2 Å². The van der Waals surface area contributed by atoms with Gasteiger partial charge in [-0.2, -0.15) is 0 Å². The summed E-state index contributed by atoms with van der Waals surface area (Å²) in [6, 6.07) is 0. The first-order valence-electron chi connectivity index (χ1n) is 30.8.